The molecule has 1 amide bonds. The fraction of sp³-hybridized carbons (Fsp3) is 0.375. The number of ketones is 1. The largest absolute Gasteiger partial charge is 0.297 e. The van der Waals surface area contributed by atoms with Gasteiger partial charge in [-0.05, 0) is 24.5 Å². The van der Waals surface area contributed by atoms with Crippen molar-refractivity contribution in [2.45, 2.75) is 13.3 Å². The highest BCUT2D eigenvalue weighted by Crippen LogP contribution is 2.24. The number of aromatic nitrogens is 1. The third kappa shape index (κ3) is 1.47. The van der Waals surface area contributed by atoms with Crippen LogP contribution in [-0.2, 0) is 9.59 Å². The lowest BCUT2D eigenvalue weighted by Gasteiger charge is -2.09. The number of hydrogen-bond acceptors (Lipinski definition) is 4. The van der Waals surface area contributed by atoms with Crippen LogP contribution in [0.3, 0.4) is 0 Å². The molecular weight excluding hydrogens is 188 g/mol. The summed E-state index contributed by atoms with van der Waals surface area (Å²) in [7, 11) is 0. The number of nitrogens with zero attached hydrogens (tertiary/aromatic N) is 2. The molecule has 4 nitrogen and oxygen atoms in total. The Balaban J connectivity index is 2.27. The highest BCUT2D eigenvalue weighted by atomic mass is 32.1. The van der Waals surface area contributed by atoms with E-state index in [0.717, 1.165) is 10.7 Å². The van der Waals surface area contributed by atoms with E-state index in [4.69, 9.17) is 0 Å². The second-order valence-electron chi connectivity index (χ2n) is 3.00. The van der Waals surface area contributed by atoms with Crippen molar-refractivity contribution in [3.63, 3.8) is 0 Å². The summed E-state index contributed by atoms with van der Waals surface area (Å²) >= 11 is 1.26. The summed E-state index contributed by atoms with van der Waals surface area (Å²) in [5, 5.41) is 0.772. The van der Waals surface area contributed by atoms with Crippen LogP contribution in [0.15, 0.2) is 6.07 Å². The van der Waals surface area contributed by atoms with Crippen molar-refractivity contribution in [2.24, 2.45) is 0 Å². The summed E-state index contributed by atoms with van der Waals surface area (Å²) in [4.78, 5) is 23.7. The van der Waals surface area contributed by atoms with E-state index >= 15 is 0 Å². The molecule has 0 radical (unpaired) electrons. The van der Waals surface area contributed by atoms with Gasteiger partial charge >= 0.3 is 0 Å². The molecule has 0 spiro atoms. The van der Waals surface area contributed by atoms with Gasteiger partial charge in [0, 0.05) is 0 Å². The van der Waals surface area contributed by atoms with E-state index in [1.54, 1.807) is 0 Å². The highest BCUT2D eigenvalue weighted by Gasteiger charge is 2.29. The zero-order valence-corrected chi connectivity index (χ0v) is 7.93. The van der Waals surface area contributed by atoms with Crippen molar-refractivity contribution in [1.82, 2.24) is 4.37 Å². The summed E-state index contributed by atoms with van der Waals surface area (Å²) < 4.78 is 4.06. The van der Waals surface area contributed by atoms with Gasteiger partial charge in [-0.3, -0.25) is 14.5 Å². The van der Waals surface area contributed by atoms with Crippen LogP contribution in [0.1, 0.15) is 12.1 Å². The molecule has 0 aromatic carbocycles. The predicted octanol–water partition coefficient (Wildman–Crippen LogP) is 0.757. The van der Waals surface area contributed by atoms with Gasteiger partial charge in [0.2, 0.25) is 5.91 Å². The van der Waals surface area contributed by atoms with Gasteiger partial charge in [0.25, 0.3) is 0 Å². The van der Waals surface area contributed by atoms with Gasteiger partial charge in [0.05, 0.1) is 18.7 Å². The maximum absolute atomic E-state index is 11.3. The molecule has 0 unspecified atom stereocenters. The van der Waals surface area contributed by atoms with E-state index in [2.05, 4.69) is 4.37 Å². The van der Waals surface area contributed by atoms with Gasteiger partial charge in [-0.15, -0.1) is 0 Å². The zero-order chi connectivity index (χ0) is 9.42. The second kappa shape index (κ2) is 2.92. The molecule has 0 aliphatic carbocycles. The van der Waals surface area contributed by atoms with E-state index < -0.39 is 0 Å². The van der Waals surface area contributed by atoms with Crippen molar-refractivity contribution in [3.8, 4) is 0 Å². The Morgan fingerprint density at radius 3 is 2.77 bits per heavy atom. The molecular formula is C8H8N2O2S. The first-order chi connectivity index (χ1) is 6.16. The second-order valence-corrected chi connectivity index (χ2v) is 3.79. The van der Waals surface area contributed by atoms with Gasteiger partial charge in [-0.1, -0.05) is 0 Å². The molecule has 1 saturated heterocycles. The Labute approximate surface area is 79.3 Å². The number of carbonyl (C=O) groups excluding carboxylic acids is 2. The average Bonchev–Trinajstić information content (AvgIpc) is 2.58. The van der Waals surface area contributed by atoms with E-state index in [1.807, 2.05) is 13.0 Å². The van der Waals surface area contributed by atoms with Crippen molar-refractivity contribution in [1.29, 1.82) is 0 Å². The SMILES string of the molecule is Cc1cc(N2CC(=O)CC2=O)sn1. The fourth-order valence-corrected chi connectivity index (χ4v) is 2.04. The average molecular weight is 196 g/mol. The molecule has 1 aromatic rings. The van der Waals surface area contributed by atoms with Gasteiger partial charge in [0.15, 0.2) is 5.78 Å². The quantitative estimate of drug-likeness (QED) is 0.623. The Morgan fingerprint density at radius 1 is 1.54 bits per heavy atom. The minimum atomic E-state index is -0.117. The van der Waals surface area contributed by atoms with Crippen LogP contribution in [0.5, 0.6) is 0 Å². The zero-order valence-electron chi connectivity index (χ0n) is 7.11. The Hall–Kier alpha value is -1.23. The summed E-state index contributed by atoms with van der Waals surface area (Å²) in [6.45, 7) is 2.07. The van der Waals surface area contributed by atoms with Gasteiger partial charge in [-0.2, -0.15) is 4.37 Å². The van der Waals surface area contributed by atoms with Crippen LogP contribution in [0.2, 0.25) is 0 Å². The lowest BCUT2D eigenvalue weighted by Crippen LogP contribution is -2.23. The number of Topliss-reactive ketones (excluding diaryl/α,β-unsaturated/α-hetero) is 1. The maximum atomic E-state index is 11.3. The van der Waals surface area contributed by atoms with Crippen LogP contribution < -0.4 is 4.90 Å². The molecule has 2 heterocycles. The van der Waals surface area contributed by atoms with Crippen LogP contribution in [-0.4, -0.2) is 22.6 Å². The topological polar surface area (TPSA) is 50.3 Å². The van der Waals surface area contributed by atoms with Crippen LogP contribution in [0, 0.1) is 6.92 Å². The Kier molecular flexibility index (Phi) is 1.88. The first kappa shape index (κ1) is 8.37. The lowest BCUT2D eigenvalue weighted by atomic mass is 10.3. The number of hydrogen-bond donors (Lipinski definition) is 0. The Bertz CT molecular complexity index is 372. The van der Waals surface area contributed by atoms with Gasteiger partial charge in [-0.25, -0.2) is 0 Å². The maximum Gasteiger partial charge on any atom is 0.235 e. The minimum Gasteiger partial charge on any atom is -0.297 e. The Morgan fingerprint density at radius 2 is 2.31 bits per heavy atom. The number of rotatable bonds is 1. The van der Waals surface area contributed by atoms with E-state index in [1.165, 1.54) is 16.4 Å². The first-order valence-corrected chi connectivity index (χ1v) is 4.69. The smallest absolute Gasteiger partial charge is 0.235 e. The fourth-order valence-electron chi connectivity index (χ4n) is 1.26. The first-order valence-electron chi connectivity index (χ1n) is 3.92. The monoisotopic (exact) mass is 196 g/mol. The molecule has 0 bridgehead atoms. The summed E-state index contributed by atoms with van der Waals surface area (Å²) in [6, 6.07) is 1.82. The van der Waals surface area contributed by atoms with Crippen molar-refractivity contribution in [3.05, 3.63) is 11.8 Å². The van der Waals surface area contributed by atoms with Crippen molar-refractivity contribution in [2.75, 3.05) is 11.4 Å². The normalized spacial score (nSPS) is 17.2. The molecule has 0 saturated carbocycles. The molecule has 1 aliphatic rings. The minimum absolute atomic E-state index is 0.0175. The molecule has 0 atom stereocenters. The number of carbonyl (C=O) groups is 2. The van der Waals surface area contributed by atoms with Crippen molar-refractivity contribution >= 4 is 28.2 Å². The number of aryl methyl sites for hydroxylation is 1. The molecule has 0 N–H and O–H groups in total. The molecule has 5 heteroatoms. The molecule has 13 heavy (non-hydrogen) atoms. The summed E-state index contributed by atoms with van der Waals surface area (Å²) in [6.07, 6.45) is 0.0386. The lowest BCUT2D eigenvalue weighted by molar-refractivity contribution is -0.121. The highest BCUT2D eigenvalue weighted by molar-refractivity contribution is 7.10. The van der Waals surface area contributed by atoms with Crippen molar-refractivity contribution < 1.29 is 9.59 Å². The molecule has 1 aliphatic heterocycles. The van der Waals surface area contributed by atoms with Crippen LogP contribution >= 0.6 is 11.5 Å². The third-order valence-electron chi connectivity index (χ3n) is 1.87. The number of amides is 1. The van der Waals surface area contributed by atoms with Crippen LogP contribution in [0.25, 0.3) is 0 Å². The molecule has 2 rings (SSSR count). The molecule has 1 fully saturated rings. The molecule has 68 valence electrons. The van der Waals surface area contributed by atoms with E-state index in [0.29, 0.717) is 0 Å². The predicted molar refractivity (Wildman–Crippen MR) is 48.8 cm³/mol. The van der Waals surface area contributed by atoms with E-state index in [-0.39, 0.29) is 24.7 Å². The third-order valence-corrected chi connectivity index (χ3v) is 2.77. The van der Waals surface area contributed by atoms with E-state index in [9.17, 15) is 9.59 Å². The van der Waals surface area contributed by atoms with Crippen LogP contribution in [0.4, 0.5) is 5.00 Å². The standard InChI is InChI=1S/C8H8N2O2S/c1-5-2-8(13-9-5)10-4-6(11)3-7(10)12/h2H,3-4H2,1H3. The summed E-state index contributed by atoms with van der Waals surface area (Å²) in [5.74, 6) is -0.135. The van der Waals surface area contributed by atoms with Gasteiger partial charge < -0.3 is 0 Å². The number of anilines is 1. The van der Waals surface area contributed by atoms with Gasteiger partial charge in [0.1, 0.15) is 5.00 Å². The summed E-state index contributed by atoms with van der Waals surface area (Å²) in [5.41, 5.74) is 0.882. The molecule has 1 aromatic heterocycles.